The Morgan fingerprint density at radius 2 is 1.68 bits per heavy atom. The summed E-state index contributed by atoms with van der Waals surface area (Å²) < 4.78 is 31.8. The minimum Gasteiger partial charge on any atom is -0.350 e. The molecule has 1 aliphatic carbocycles. The average molecular weight is 570 g/mol. The van der Waals surface area contributed by atoms with Gasteiger partial charge in [-0.1, -0.05) is 79.9 Å². The number of rotatable bonds is 13. The van der Waals surface area contributed by atoms with Gasteiger partial charge < -0.3 is 4.74 Å². The van der Waals surface area contributed by atoms with Gasteiger partial charge in [-0.2, -0.15) is 4.41 Å². The number of amides is 2. The number of carbonyl (C=O) groups is 2. The van der Waals surface area contributed by atoms with Gasteiger partial charge in [0.15, 0.2) is 6.29 Å². The first-order valence-corrected chi connectivity index (χ1v) is 15.8. The van der Waals surface area contributed by atoms with Gasteiger partial charge in [0.05, 0.1) is 23.8 Å². The van der Waals surface area contributed by atoms with Crippen LogP contribution < -0.4 is 15.3 Å². The van der Waals surface area contributed by atoms with E-state index in [2.05, 4.69) is 10.9 Å². The normalized spacial score (nSPS) is 19.4. The maximum Gasteiger partial charge on any atom is 0.249 e. The summed E-state index contributed by atoms with van der Waals surface area (Å²) in [7, 11) is -3.84. The molecule has 2 N–H and O–H groups in total. The Kier molecular flexibility index (Phi) is 10.7. The molecule has 4 rings (SSSR count). The molecule has 1 aliphatic heterocycles. The van der Waals surface area contributed by atoms with Crippen molar-refractivity contribution in [1.82, 2.24) is 10.9 Å². The second-order valence-corrected chi connectivity index (χ2v) is 12.3. The maximum absolute atomic E-state index is 13.8. The Morgan fingerprint density at radius 3 is 2.27 bits per heavy atom. The molecule has 0 radical (unpaired) electrons. The molecule has 40 heavy (non-hydrogen) atoms. The highest BCUT2D eigenvalue weighted by Gasteiger charge is 2.38. The molecule has 2 aromatic rings. The lowest BCUT2D eigenvalue weighted by atomic mass is 9.74. The first-order chi connectivity index (χ1) is 19.3. The Balaban J connectivity index is 1.58. The van der Waals surface area contributed by atoms with Crippen molar-refractivity contribution in [2.24, 2.45) is 17.8 Å². The summed E-state index contributed by atoms with van der Waals surface area (Å²) in [5.74, 6) is -2.24. The summed E-state index contributed by atoms with van der Waals surface area (Å²) in [6.45, 7) is 0.567. The van der Waals surface area contributed by atoms with Crippen molar-refractivity contribution >= 4 is 33.6 Å². The van der Waals surface area contributed by atoms with Crippen LogP contribution in [0.2, 0.25) is 0 Å². The summed E-state index contributed by atoms with van der Waals surface area (Å²) >= 11 is 0. The van der Waals surface area contributed by atoms with Crippen LogP contribution in [0, 0.1) is 17.8 Å². The molecular formula is C30H39N3O6S. The van der Waals surface area contributed by atoms with E-state index < -0.39 is 40.0 Å². The van der Waals surface area contributed by atoms with Gasteiger partial charge in [0, 0.05) is 13.0 Å². The fourth-order valence-electron chi connectivity index (χ4n) is 5.00. The third-order valence-electron chi connectivity index (χ3n) is 7.43. The van der Waals surface area contributed by atoms with Crippen LogP contribution in [0.25, 0.3) is 6.08 Å². The van der Waals surface area contributed by atoms with Crippen molar-refractivity contribution in [1.29, 1.82) is 0 Å². The van der Waals surface area contributed by atoms with Crippen LogP contribution in [-0.2, 0) is 29.2 Å². The van der Waals surface area contributed by atoms with E-state index in [4.69, 9.17) is 9.57 Å². The number of hydroxylamine groups is 1. The van der Waals surface area contributed by atoms with Crippen molar-refractivity contribution in [3.05, 3.63) is 72.3 Å². The molecule has 1 saturated heterocycles. The highest BCUT2D eigenvalue weighted by Crippen LogP contribution is 2.36. The maximum atomic E-state index is 13.8. The lowest BCUT2D eigenvalue weighted by Gasteiger charge is -2.34. The Labute approximate surface area is 236 Å². The molecule has 3 atom stereocenters. The van der Waals surface area contributed by atoms with Crippen LogP contribution >= 0.6 is 0 Å². The topological polar surface area (TPSA) is 114 Å². The predicted molar refractivity (Wildman–Crippen MR) is 154 cm³/mol. The van der Waals surface area contributed by atoms with Gasteiger partial charge in [-0.15, -0.1) is 0 Å². The van der Waals surface area contributed by atoms with E-state index in [1.807, 2.05) is 42.5 Å². The molecule has 1 saturated carbocycles. The minimum absolute atomic E-state index is 0.268. The molecule has 2 fully saturated rings. The van der Waals surface area contributed by atoms with E-state index in [1.54, 1.807) is 30.3 Å². The molecule has 216 valence electrons. The third-order valence-corrected chi connectivity index (χ3v) is 8.40. The van der Waals surface area contributed by atoms with E-state index in [9.17, 15) is 18.0 Å². The molecule has 2 aromatic carbocycles. The van der Waals surface area contributed by atoms with Gasteiger partial charge in [0.1, 0.15) is 0 Å². The van der Waals surface area contributed by atoms with Crippen LogP contribution in [0.5, 0.6) is 0 Å². The molecule has 10 heteroatoms. The van der Waals surface area contributed by atoms with Gasteiger partial charge >= 0.3 is 0 Å². The molecule has 0 spiro atoms. The molecule has 1 unspecified atom stereocenters. The zero-order valence-corrected chi connectivity index (χ0v) is 23.7. The van der Waals surface area contributed by atoms with Gasteiger partial charge in [-0.25, -0.2) is 18.7 Å². The van der Waals surface area contributed by atoms with Crippen molar-refractivity contribution in [2.45, 2.75) is 57.7 Å². The van der Waals surface area contributed by atoms with Gasteiger partial charge in [0.2, 0.25) is 21.8 Å². The van der Waals surface area contributed by atoms with Crippen LogP contribution in [-0.4, -0.2) is 39.4 Å². The average Bonchev–Trinajstić information content (AvgIpc) is 2.93. The van der Waals surface area contributed by atoms with Crippen LogP contribution in [0.15, 0.2) is 66.7 Å². The Hall–Kier alpha value is -3.21. The quantitative estimate of drug-likeness (QED) is 0.341. The number of sulfonamides is 1. The fourth-order valence-corrected chi connectivity index (χ4v) is 5.76. The van der Waals surface area contributed by atoms with Crippen LogP contribution in [0.4, 0.5) is 5.69 Å². The highest BCUT2D eigenvalue weighted by atomic mass is 32.2. The number of carbonyl (C=O) groups excluding carboxylic acids is 2. The number of nitrogens with zero attached hydrogens (tertiary/aromatic N) is 1. The number of hydrogen-bond donors (Lipinski definition) is 2. The third kappa shape index (κ3) is 8.64. The lowest BCUT2D eigenvalue weighted by Crippen LogP contribution is -2.51. The zero-order valence-electron chi connectivity index (χ0n) is 22.9. The van der Waals surface area contributed by atoms with Crippen LogP contribution in [0.1, 0.15) is 56.9 Å². The van der Waals surface area contributed by atoms with Crippen LogP contribution in [0.3, 0.4) is 0 Å². The fraction of sp³-hybridized carbons (Fsp3) is 0.467. The standard InChI is InChI=1S/C30H39N3O6S/c1-40(36,37)33(25-17-6-3-7-18-25)31-29(34)27(22-24-15-10-16-24)26(19-11-14-23-12-4-2-5-13-23)30(35)32-39-28-20-8-9-21-38-28/h2-7,11-14,17-18,24,26-28H,8-10,15-16,19-22H2,1H3,(H,31,34)(H,32,35)/t26-,27+,28?/m0/s1. The molecule has 2 amide bonds. The number of hydrogen-bond acceptors (Lipinski definition) is 6. The van der Waals surface area contributed by atoms with E-state index in [1.165, 1.54) is 0 Å². The molecule has 9 nitrogen and oxygen atoms in total. The summed E-state index contributed by atoms with van der Waals surface area (Å²) in [4.78, 5) is 33.0. The van der Waals surface area contributed by atoms with Gasteiger partial charge in [-0.3, -0.25) is 15.0 Å². The number of ether oxygens (including phenoxy) is 1. The van der Waals surface area contributed by atoms with Crippen molar-refractivity contribution in [2.75, 3.05) is 17.3 Å². The number of para-hydroxylation sites is 1. The monoisotopic (exact) mass is 569 g/mol. The van der Waals surface area contributed by atoms with Gasteiger partial charge in [0.25, 0.3) is 0 Å². The number of anilines is 1. The first-order valence-electron chi connectivity index (χ1n) is 14.0. The summed E-state index contributed by atoms with van der Waals surface area (Å²) in [5.41, 5.74) is 6.45. The van der Waals surface area contributed by atoms with Crippen molar-refractivity contribution < 1.29 is 27.6 Å². The zero-order chi connectivity index (χ0) is 28.4. The molecular weight excluding hydrogens is 530 g/mol. The Bertz CT molecular complexity index is 1230. The number of benzene rings is 2. The summed E-state index contributed by atoms with van der Waals surface area (Å²) in [6.07, 6.45) is 10.6. The van der Waals surface area contributed by atoms with Crippen molar-refractivity contribution in [3.63, 3.8) is 0 Å². The number of hydrazine groups is 1. The molecule has 1 heterocycles. The van der Waals surface area contributed by atoms with Gasteiger partial charge in [-0.05, 0) is 49.3 Å². The SMILES string of the molecule is CS(=O)(=O)N(NC(=O)[C@H](CC1CCC1)[C@H](CC=Cc1ccccc1)C(=O)NOC1CCCCO1)c1ccccc1. The second kappa shape index (κ2) is 14.4. The molecule has 0 aromatic heterocycles. The highest BCUT2D eigenvalue weighted by molar-refractivity contribution is 7.92. The largest absolute Gasteiger partial charge is 0.350 e. The smallest absolute Gasteiger partial charge is 0.249 e. The molecule has 0 bridgehead atoms. The second-order valence-electron chi connectivity index (χ2n) is 10.5. The molecule has 2 aliphatic rings. The number of allylic oxidation sites excluding steroid dienone is 1. The summed E-state index contributed by atoms with van der Waals surface area (Å²) in [5, 5.41) is 0. The van der Waals surface area contributed by atoms with Crippen molar-refractivity contribution in [3.8, 4) is 0 Å². The van der Waals surface area contributed by atoms with E-state index in [0.29, 0.717) is 25.1 Å². The van der Waals surface area contributed by atoms with E-state index in [-0.39, 0.29) is 12.3 Å². The Morgan fingerprint density at radius 1 is 0.975 bits per heavy atom. The predicted octanol–water partition coefficient (Wildman–Crippen LogP) is 4.58. The van der Waals surface area contributed by atoms with E-state index in [0.717, 1.165) is 48.3 Å². The summed E-state index contributed by atoms with van der Waals surface area (Å²) in [6, 6.07) is 18.1. The minimum atomic E-state index is -3.84. The van der Waals surface area contributed by atoms with E-state index >= 15 is 0 Å². The first kappa shape index (κ1) is 29.8. The number of nitrogens with one attached hydrogen (secondary N) is 2. The lowest BCUT2D eigenvalue weighted by molar-refractivity contribution is -0.203.